The lowest BCUT2D eigenvalue weighted by Gasteiger charge is -2.12. The maximum atomic E-state index is 12.6. The van der Waals surface area contributed by atoms with Crippen LogP contribution in [0.1, 0.15) is 18.1 Å². The Bertz CT molecular complexity index is 902. The molecule has 0 fully saturated rings. The molecule has 2 aromatic rings. The summed E-state index contributed by atoms with van der Waals surface area (Å²) in [7, 11) is -2.29. The third-order valence-electron chi connectivity index (χ3n) is 3.52. The summed E-state index contributed by atoms with van der Waals surface area (Å²) in [5, 5.41) is 0. The van der Waals surface area contributed by atoms with Gasteiger partial charge in [0.1, 0.15) is 5.75 Å². The summed E-state index contributed by atoms with van der Waals surface area (Å²) in [6.45, 7) is 3.85. The second kappa shape index (κ2) is 8.53. The number of benzene rings is 2. The van der Waals surface area contributed by atoms with E-state index in [2.05, 4.69) is 4.72 Å². The van der Waals surface area contributed by atoms with Gasteiger partial charge in [0.15, 0.2) is 0 Å². The summed E-state index contributed by atoms with van der Waals surface area (Å²) in [5.74, 6) is -0.0180. The summed E-state index contributed by atoms with van der Waals surface area (Å²) in [6.07, 6.45) is 2.74. The maximum absolute atomic E-state index is 12.6. The minimum Gasteiger partial charge on any atom is -0.497 e. The molecule has 2 aromatic carbocycles. The molecule has 0 heterocycles. The Morgan fingerprint density at radius 3 is 2.46 bits per heavy atom. The van der Waals surface area contributed by atoms with Crippen molar-refractivity contribution in [3.63, 3.8) is 0 Å². The number of esters is 1. The van der Waals surface area contributed by atoms with Gasteiger partial charge in [-0.2, -0.15) is 0 Å². The Balaban J connectivity index is 2.37. The molecule has 0 aliphatic heterocycles. The van der Waals surface area contributed by atoms with E-state index in [1.165, 1.54) is 31.4 Å². The number of anilines is 1. The standard InChI is InChI=1S/C19H21NO5S/c1-4-25-19(21)12-8-15-7-9-16(24-3)13-18(15)20-26(22,23)17-10-5-14(2)6-11-17/h5-13,20H,4H2,1-3H3/b12-8+. The first kappa shape index (κ1) is 19.5. The van der Waals surface area contributed by atoms with Gasteiger partial charge in [-0.25, -0.2) is 13.2 Å². The number of sulfonamides is 1. The van der Waals surface area contributed by atoms with Crippen molar-refractivity contribution in [2.45, 2.75) is 18.7 Å². The van der Waals surface area contributed by atoms with Gasteiger partial charge < -0.3 is 9.47 Å². The number of hydrogen-bond acceptors (Lipinski definition) is 5. The number of rotatable bonds is 7. The average molecular weight is 375 g/mol. The van der Waals surface area contributed by atoms with Crippen LogP contribution in [0.5, 0.6) is 5.75 Å². The number of carbonyl (C=O) groups is 1. The summed E-state index contributed by atoms with van der Waals surface area (Å²) in [5.41, 5.74) is 1.77. The van der Waals surface area contributed by atoms with Crippen molar-refractivity contribution in [1.82, 2.24) is 0 Å². The van der Waals surface area contributed by atoms with Crippen LogP contribution in [-0.4, -0.2) is 28.1 Å². The van der Waals surface area contributed by atoms with Crippen molar-refractivity contribution in [1.29, 1.82) is 0 Å². The molecule has 0 saturated heterocycles. The summed E-state index contributed by atoms with van der Waals surface area (Å²) >= 11 is 0. The third kappa shape index (κ3) is 5.10. The van der Waals surface area contributed by atoms with Crippen LogP contribution in [0.15, 0.2) is 53.4 Å². The van der Waals surface area contributed by atoms with Gasteiger partial charge in [0.2, 0.25) is 0 Å². The molecule has 6 nitrogen and oxygen atoms in total. The SMILES string of the molecule is CCOC(=O)/C=C/c1ccc(OC)cc1NS(=O)(=O)c1ccc(C)cc1. The predicted octanol–water partition coefficient (Wildman–Crippen LogP) is 3.38. The van der Waals surface area contributed by atoms with Crippen molar-refractivity contribution < 1.29 is 22.7 Å². The predicted molar refractivity (Wildman–Crippen MR) is 101 cm³/mol. The van der Waals surface area contributed by atoms with E-state index in [-0.39, 0.29) is 11.5 Å². The Hall–Kier alpha value is -2.80. The molecule has 7 heteroatoms. The lowest BCUT2D eigenvalue weighted by molar-refractivity contribution is -0.137. The van der Waals surface area contributed by atoms with E-state index in [1.54, 1.807) is 37.3 Å². The van der Waals surface area contributed by atoms with Gasteiger partial charge in [0, 0.05) is 12.1 Å². The molecule has 0 aliphatic carbocycles. The topological polar surface area (TPSA) is 81.7 Å². The normalized spacial score (nSPS) is 11.3. The number of methoxy groups -OCH3 is 1. The van der Waals surface area contributed by atoms with Crippen molar-refractivity contribution in [2.24, 2.45) is 0 Å². The highest BCUT2D eigenvalue weighted by Crippen LogP contribution is 2.26. The Morgan fingerprint density at radius 1 is 1.15 bits per heavy atom. The molecule has 0 aliphatic rings. The second-order valence-electron chi connectivity index (χ2n) is 5.46. The summed E-state index contributed by atoms with van der Waals surface area (Å²) < 4.78 is 37.8. The molecule has 0 spiro atoms. The van der Waals surface area contributed by atoms with Crippen LogP contribution < -0.4 is 9.46 Å². The molecule has 0 radical (unpaired) electrons. The van der Waals surface area contributed by atoms with Gasteiger partial charge in [-0.3, -0.25) is 4.72 Å². The lowest BCUT2D eigenvalue weighted by atomic mass is 10.1. The van der Waals surface area contributed by atoms with Gasteiger partial charge in [-0.05, 0) is 49.8 Å². The number of carbonyl (C=O) groups excluding carboxylic acids is 1. The fourth-order valence-corrected chi connectivity index (χ4v) is 3.24. The first-order valence-electron chi connectivity index (χ1n) is 7.98. The molecule has 1 N–H and O–H groups in total. The van der Waals surface area contributed by atoms with Crippen LogP contribution in [0, 0.1) is 6.92 Å². The third-order valence-corrected chi connectivity index (χ3v) is 4.90. The number of hydrogen-bond donors (Lipinski definition) is 1. The van der Waals surface area contributed by atoms with E-state index in [1.807, 2.05) is 6.92 Å². The zero-order chi connectivity index (χ0) is 19.2. The van der Waals surface area contributed by atoms with Crippen LogP contribution in [0.4, 0.5) is 5.69 Å². The van der Waals surface area contributed by atoms with E-state index in [0.717, 1.165) is 5.56 Å². The first-order valence-corrected chi connectivity index (χ1v) is 9.46. The molecule has 138 valence electrons. The number of nitrogens with one attached hydrogen (secondary N) is 1. The Morgan fingerprint density at radius 2 is 1.85 bits per heavy atom. The Labute approximate surface area is 153 Å². The van der Waals surface area contributed by atoms with Crippen molar-refractivity contribution in [3.8, 4) is 5.75 Å². The van der Waals surface area contributed by atoms with Crippen LogP contribution in [-0.2, 0) is 19.6 Å². The molecule has 0 atom stereocenters. The minimum absolute atomic E-state index is 0.145. The van der Waals surface area contributed by atoms with Gasteiger partial charge in [0.05, 0.1) is 24.3 Å². The highest BCUT2D eigenvalue weighted by atomic mass is 32.2. The average Bonchev–Trinajstić information content (AvgIpc) is 2.61. The molecular weight excluding hydrogens is 354 g/mol. The van der Waals surface area contributed by atoms with Gasteiger partial charge in [-0.1, -0.05) is 17.7 Å². The molecule has 2 rings (SSSR count). The van der Waals surface area contributed by atoms with Crippen LogP contribution in [0.3, 0.4) is 0 Å². The maximum Gasteiger partial charge on any atom is 0.330 e. The van der Waals surface area contributed by atoms with Crippen LogP contribution >= 0.6 is 0 Å². The highest BCUT2D eigenvalue weighted by Gasteiger charge is 2.16. The zero-order valence-electron chi connectivity index (χ0n) is 14.9. The van der Waals surface area contributed by atoms with E-state index in [4.69, 9.17) is 9.47 Å². The number of ether oxygens (including phenoxy) is 2. The molecule has 26 heavy (non-hydrogen) atoms. The zero-order valence-corrected chi connectivity index (χ0v) is 15.7. The highest BCUT2D eigenvalue weighted by molar-refractivity contribution is 7.92. The largest absolute Gasteiger partial charge is 0.497 e. The second-order valence-corrected chi connectivity index (χ2v) is 7.14. The minimum atomic E-state index is -3.78. The Kier molecular flexibility index (Phi) is 6.41. The molecule has 0 bridgehead atoms. The fraction of sp³-hybridized carbons (Fsp3) is 0.211. The molecule has 0 saturated carbocycles. The van der Waals surface area contributed by atoms with E-state index < -0.39 is 16.0 Å². The van der Waals surface area contributed by atoms with E-state index >= 15 is 0 Å². The fourth-order valence-electron chi connectivity index (χ4n) is 2.17. The molecule has 0 amide bonds. The smallest absolute Gasteiger partial charge is 0.330 e. The van der Waals surface area contributed by atoms with Gasteiger partial charge in [-0.15, -0.1) is 0 Å². The van der Waals surface area contributed by atoms with Gasteiger partial charge >= 0.3 is 5.97 Å². The quantitative estimate of drug-likeness (QED) is 0.593. The van der Waals surface area contributed by atoms with Crippen LogP contribution in [0.25, 0.3) is 6.08 Å². The van der Waals surface area contributed by atoms with E-state index in [9.17, 15) is 13.2 Å². The van der Waals surface area contributed by atoms with Gasteiger partial charge in [0.25, 0.3) is 10.0 Å². The van der Waals surface area contributed by atoms with Crippen molar-refractivity contribution in [2.75, 3.05) is 18.4 Å². The van der Waals surface area contributed by atoms with Crippen molar-refractivity contribution in [3.05, 3.63) is 59.7 Å². The number of aryl methyl sites for hydroxylation is 1. The van der Waals surface area contributed by atoms with E-state index in [0.29, 0.717) is 17.0 Å². The van der Waals surface area contributed by atoms with Crippen LogP contribution in [0.2, 0.25) is 0 Å². The first-order chi connectivity index (χ1) is 12.4. The molecular formula is C19H21NO5S. The van der Waals surface area contributed by atoms with Crippen molar-refractivity contribution >= 4 is 27.8 Å². The molecule has 0 aromatic heterocycles. The lowest BCUT2D eigenvalue weighted by Crippen LogP contribution is -2.14. The molecule has 0 unspecified atom stereocenters. The monoisotopic (exact) mass is 375 g/mol. The summed E-state index contributed by atoms with van der Waals surface area (Å²) in [6, 6.07) is 11.4. The summed E-state index contributed by atoms with van der Waals surface area (Å²) in [4.78, 5) is 11.7.